The standard InChI is InChI=1S/C24H30FN3O7S/c1-15(14-32-3)34-17-9-16(24(29)28-23(26)5-6-27-2)10-18(11-17)35-20-13-21-22(12-19(20)25)36(30,31)8-4-7-33-21/h5-6,9-13,15,27,30-31H,4,7-8,14H2,1-3H3,(H2,26,28,29)/b6-5-/t15-/m0/s1. The Morgan fingerprint density at radius 1 is 1.31 bits per heavy atom. The molecule has 10 nitrogen and oxygen atoms in total. The normalized spacial score (nSPS) is 16.9. The Balaban J connectivity index is 1.98. The number of carbonyl (C=O) groups is 1. The number of carbonyl (C=O) groups excluding carboxylic acids is 1. The first-order valence-electron chi connectivity index (χ1n) is 11.1. The van der Waals surface area contributed by atoms with Crippen LogP contribution in [0.2, 0.25) is 0 Å². The van der Waals surface area contributed by atoms with Gasteiger partial charge in [-0.15, -0.1) is 0 Å². The number of nitrogens with one attached hydrogen (secondary N) is 1. The van der Waals surface area contributed by atoms with Crippen molar-refractivity contribution in [1.82, 2.24) is 5.32 Å². The lowest BCUT2D eigenvalue weighted by atomic mass is 10.2. The number of aliphatic imine (C=N–C) groups is 1. The maximum Gasteiger partial charge on any atom is 0.279 e. The van der Waals surface area contributed by atoms with Gasteiger partial charge in [-0.3, -0.25) is 13.9 Å². The van der Waals surface area contributed by atoms with Crippen molar-refractivity contribution in [2.24, 2.45) is 10.7 Å². The predicted octanol–water partition coefficient (Wildman–Crippen LogP) is 4.15. The van der Waals surface area contributed by atoms with E-state index in [1.165, 1.54) is 43.7 Å². The molecule has 0 radical (unpaired) electrons. The van der Waals surface area contributed by atoms with Gasteiger partial charge in [-0.2, -0.15) is 15.6 Å². The van der Waals surface area contributed by atoms with Crippen LogP contribution in [-0.4, -0.2) is 60.1 Å². The molecular weight excluding hydrogens is 493 g/mol. The van der Waals surface area contributed by atoms with Crippen molar-refractivity contribution in [3.8, 4) is 23.0 Å². The van der Waals surface area contributed by atoms with Gasteiger partial charge in [-0.05, 0) is 37.8 Å². The van der Waals surface area contributed by atoms with Crippen LogP contribution < -0.4 is 25.3 Å². The quantitative estimate of drug-likeness (QED) is 0.281. The largest absolute Gasteiger partial charge is 0.491 e. The first kappa shape index (κ1) is 27.3. The third-order valence-corrected chi connectivity index (χ3v) is 6.81. The van der Waals surface area contributed by atoms with Gasteiger partial charge in [0, 0.05) is 43.7 Å². The number of amidine groups is 1. The summed E-state index contributed by atoms with van der Waals surface area (Å²) >= 11 is 0. The number of nitrogens with two attached hydrogens (primary N) is 1. The number of hydrogen-bond donors (Lipinski definition) is 4. The van der Waals surface area contributed by atoms with Crippen molar-refractivity contribution in [3.05, 3.63) is 54.0 Å². The molecule has 2 aromatic carbocycles. The van der Waals surface area contributed by atoms with Crippen molar-refractivity contribution in [3.63, 3.8) is 0 Å². The third kappa shape index (κ3) is 7.10. The Morgan fingerprint density at radius 3 is 2.78 bits per heavy atom. The van der Waals surface area contributed by atoms with Gasteiger partial charge in [0.15, 0.2) is 11.6 Å². The average molecular weight is 524 g/mol. The van der Waals surface area contributed by atoms with E-state index in [0.717, 1.165) is 6.07 Å². The summed E-state index contributed by atoms with van der Waals surface area (Å²) in [5.74, 6) is -1.20. The fourth-order valence-corrected chi connectivity index (χ4v) is 4.83. The summed E-state index contributed by atoms with van der Waals surface area (Å²) < 4.78 is 57.9. The monoisotopic (exact) mass is 523 g/mol. The molecule has 3 rings (SSSR count). The highest BCUT2D eigenvalue weighted by Crippen LogP contribution is 2.55. The van der Waals surface area contributed by atoms with Gasteiger partial charge in [0.2, 0.25) is 0 Å². The molecule has 1 heterocycles. The first-order chi connectivity index (χ1) is 17.1. The molecule has 1 aliphatic rings. The van der Waals surface area contributed by atoms with Crippen LogP contribution >= 0.6 is 10.6 Å². The smallest absolute Gasteiger partial charge is 0.279 e. The zero-order valence-corrected chi connectivity index (χ0v) is 21.0. The molecule has 0 aliphatic carbocycles. The molecule has 1 aliphatic heterocycles. The molecule has 5 N–H and O–H groups in total. The van der Waals surface area contributed by atoms with Crippen molar-refractivity contribution in [1.29, 1.82) is 0 Å². The lowest BCUT2D eigenvalue weighted by Crippen LogP contribution is -2.18. The summed E-state index contributed by atoms with van der Waals surface area (Å²) in [6, 6.07) is 6.57. The van der Waals surface area contributed by atoms with E-state index in [9.17, 15) is 18.3 Å². The van der Waals surface area contributed by atoms with E-state index in [1.807, 2.05) is 0 Å². The molecule has 0 saturated heterocycles. The van der Waals surface area contributed by atoms with Crippen molar-refractivity contribution in [2.75, 3.05) is 33.1 Å². The molecule has 12 heteroatoms. The molecule has 0 spiro atoms. The van der Waals surface area contributed by atoms with E-state index >= 15 is 0 Å². The van der Waals surface area contributed by atoms with Gasteiger partial charge in [0.1, 0.15) is 34.1 Å². The maximum atomic E-state index is 14.9. The number of benzene rings is 2. The Labute approximate surface area is 210 Å². The van der Waals surface area contributed by atoms with E-state index in [1.54, 1.807) is 14.0 Å². The second-order valence-corrected chi connectivity index (χ2v) is 10.1. The van der Waals surface area contributed by atoms with E-state index in [4.69, 9.17) is 24.7 Å². The van der Waals surface area contributed by atoms with E-state index in [2.05, 4.69) is 10.3 Å². The highest BCUT2D eigenvalue weighted by molar-refractivity contribution is 8.24. The summed E-state index contributed by atoms with van der Waals surface area (Å²) in [6.45, 7) is 2.31. The Hall–Kier alpha value is -3.32. The minimum atomic E-state index is -3.19. The molecular formula is C24H30FN3O7S. The first-order valence-corrected chi connectivity index (χ1v) is 12.8. The molecule has 1 atom stereocenters. The average Bonchev–Trinajstić information content (AvgIpc) is 2.95. The van der Waals surface area contributed by atoms with Gasteiger partial charge in [0.05, 0.1) is 13.2 Å². The molecule has 0 fully saturated rings. The van der Waals surface area contributed by atoms with E-state index in [0.29, 0.717) is 6.42 Å². The van der Waals surface area contributed by atoms with Gasteiger partial charge in [0.25, 0.3) is 5.91 Å². The van der Waals surface area contributed by atoms with E-state index in [-0.39, 0.29) is 64.4 Å². The van der Waals surface area contributed by atoms with Crippen LogP contribution in [0.5, 0.6) is 23.0 Å². The minimum absolute atomic E-state index is 0.00868. The van der Waals surface area contributed by atoms with Crippen LogP contribution in [0, 0.1) is 5.82 Å². The Morgan fingerprint density at radius 2 is 2.06 bits per heavy atom. The number of amides is 1. The Kier molecular flexibility index (Phi) is 9.15. The van der Waals surface area contributed by atoms with Crippen molar-refractivity contribution in [2.45, 2.75) is 24.3 Å². The highest BCUT2D eigenvalue weighted by atomic mass is 32.3. The summed E-state index contributed by atoms with van der Waals surface area (Å²) in [5.41, 5.74) is 5.85. The van der Waals surface area contributed by atoms with Gasteiger partial charge in [-0.25, -0.2) is 4.39 Å². The number of halogens is 1. The molecule has 0 saturated carbocycles. The molecule has 196 valence electrons. The predicted molar refractivity (Wildman–Crippen MR) is 135 cm³/mol. The number of methoxy groups -OCH3 is 1. The fraction of sp³-hybridized carbons (Fsp3) is 0.333. The third-order valence-electron chi connectivity index (χ3n) is 4.93. The summed E-state index contributed by atoms with van der Waals surface area (Å²) in [6.07, 6.45) is 2.99. The zero-order chi connectivity index (χ0) is 26.3. The molecule has 0 bridgehead atoms. The van der Waals surface area contributed by atoms with Gasteiger partial charge < -0.3 is 30.0 Å². The van der Waals surface area contributed by atoms with Crippen LogP contribution in [0.4, 0.5) is 4.39 Å². The summed E-state index contributed by atoms with van der Waals surface area (Å²) in [5, 5.41) is 2.75. The van der Waals surface area contributed by atoms with Crippen LogP contribution in [-0.2, 0) is 4.74 Å². The van der Waals surface area contributed by atoms with Crippen LogP contribution in [0.15, 0.2) is 52.5 Å². The van der Waals surface area contributed by atoms with Gasteiger partial charge >= 0.3 is 0 Å². The summed E-state index contributed by atoms with van der Waals surface area (Å²) in [4.78, 5) is 16.6. The van der Waals surface area contributed by atoms with Crippen molar-refractivity contribution >= 4 is 22.3 Å². The molecule has 0 aromatic heterocycles. The number of rotatable bonds is 9. The molecule has 36 heavy (non-hydrogen) atoms. The van der Waals surface area contributed by atoms with Gasteiger partial charge in [-0.1, -0.05) is 0 Å². The van der Waals surface area contributed by atoms with Crippen LogP contribution in [0.3, 0.4) is 0 Å². The maximum absolute atomic E-state index is 14.9. The fourth-order valence-electron chi connectivity index (χ4n) is 3.35. The number of nitrogens with zero attached hydrogens (tertiary/aromatic N) is 1. The second kappa shape index (κ2) is 12.1. The Bertz CT molecular complexity index is 1160. The van der Waals surface area contributed by atoms with E-state index < -0.39 is 22.3 Å². The molecule has 0 unspecified atom stereocenters. The lowest BCUT2D eigenvalue weighted by molar-refractivity contribution is 0.0915. The second-order valence-electron chi connectivity index (χ2n) is 7.95. The van der Waals surface area contributed by atoms with Crippen molar-refractivity contribution < 1.29 is 37.2 Å². The summed E-state index contributed by atoms with van der Waals surface area (Å²) in [7, 11) is 0.0172. The van der Waals surface area contributed by atoms with Crippen LogP contribution in [0.25, 0.3) is 0 Å². The topological polar surface area (TPSA) is 145 Å². The highest BCUT2D eigenvalue weighted by Gasteiger charge is 2.27. The molecule has 2 aromatic rings. The van der Waals surface area contributed by atoms with Crippen LogP contribution in [0.1, 0.15) is 23.7 Å². The number of fused-ring (bicyclic) bond motifs is 1. The number of hydrogen-bond acceptors (Lipinski definition) is 8. The lowest BCUT2D eigenvalue weighted by Gasteiger charge is -2.31. The number of ether oxygens (including phenoxy) is 4. The SMILES string of the molecule is CN/C=C\C(N)=NC(=O)c1cc(Oc2cc3c(cc2F)S(O)(O)CCCO3)cc(O[C@@H](C)COC)c1. The minimum Gasteiger partial charge on any atom is -0.491 e. The molecule has 1 amide bonds. The zero-order valence-electron chi connectivity index (χ0n) is 20.2.